The molecule has 24 heavy (non-hydrogen) atoms. The van der Waals surface area contributed by atoms with E-state index >= 15 is 0 Å². The lowest BCUT2D eigenvalue weighted by Gasteiger charge is -2.14. The minimum Gasteiger partial charge on any atom is -0.497 e. The first kappa shape index (κ1) is 18.4. The van der Waals surface area contributed by atoms with Crippen LogP contribution in [0.3, 0.4) is 0 Å². The summed E-state index contributed by atoms with van der Waals surface area (Å²) in [7, 11) is -2.13. The van der Waals surface area contributed by atoms with Gasteiger partial charge in [-0.15, -0.1) is 0 Å². The van der Waals surface area contributed by atoms with Gasteiger partial charge in [0.15, 0.2) is 0 Å². The smallest absolute Gasteiger partial charge is 0.240 e. The summed E-state index contributed by atoms with van der Waals surface area (Å²) in [5.41, 5.74) is 1.66. The predicted molar refractivity (Wildman–Crippen MR) is 93.7 cm³/mol. The van der Waals surface area contributed by atoms with Gasteiger partial charge in [-0.3, -0.25) is 0 Å². The first-order chi connectivity index (χ1) is 11.3. The van der Waals surface area contributed by atoms with E-state index in [0.29, 0.717) is 17.2 Å². The highest BCUT2D eigenvalue weighted by Crippen LogP contribution is 2.20. The number of ether oxygens (including phenoxy) is 1. The molecule has 0 aliphatic heterocycles. The zero-order valence-electron chi connectivity index (χ0n) is 14.1. The fourth-order valence-corrected chi connectivity index (χ4v) is 3.31. The number of hydrogen-bond donors (Lipinski definition) is 2. The quantitative estimate of drug-likeness (QED) is 0.806. The van der Waals surface area contributed by atoms with Gasteiger partial charge in [0.1, 0.15) is 5.75 Å². The van der Waals surface area contributed by atoms with Gasteiger partial charge in [-0.2, -0.15) is 0 Å². The Hall–Kier alpha value is -1.89. The minimum absolute atomic E-state index is 0.110. The van der Waals surface area contributed by atoms with Crippen LogP contribution >= 0.6 is 0 Å². The summed E-state index contributed by atoms with van der Waals surface area (Å²) < 4.78 is 32.2. The molecular weight excluding hydrogens is 326 g/mol. The molecule has 2 aromatic carbocycles. The van der Waals surface area contributed by atoms with E-state index in [9.17, 15) is 13.5 Å². The molecule has 1 unspecified atom stereocenters. The monoisotopic (exact) mass is 349 g/mol. The lowest BCUT2D eigenvalue weighted by molar-refractivity contribution is 0.181. The summed E-state index contributed by atoms with van der Waals surface area (Å²) in [6, 6.07) is 13.7. The number of aliphatic hydroxyl groups excluding tert-OH is 1. The second kappa shape index (κ2) is 7.79. The normalized spacial score (nSPS) is 13.0. The molecule has 2 aromatic rings. The molecule has 0 amide bonds. The number of nitrogens with one attached hydrogen (secondary N) is 1. The second-order valence-electron chi connectivity index (χ2n) is 5.87. The molecule has 130 valence electrons. The van der Waals surface area contributed by atoms with Crippen molar-refractivity contribution in [3.8, 4) is 5.75 Å². The highest BCUT2D eigenvalue weighted by atomic mass is 32.2. The maximum Gasteiger partial charge on any atom is 0.240 e. The third-order valence-electron chi connectivity index (χ3n) is 3.80. The molecule has 0 heterocycles. The Morgan fingerprint density at radius 1 is 1.08 bits per heavy atom. The van der Waals surface area contributed by atoms with Crippen LogP contribution in [0.5, 0.6) is 5.75 Å². The second-order valence-corrected chi connectivity index (χ2v) is 7.63. The maximum absolute atomic E-state index is 12.3. The maximum atomic E-state index is 12.3. The van der Waals surface area contributed by atoms with E-state index in [1.54, 1.807) is 48.5 Å². The SMILES string of the molecule is COc1cccc(C(O)CNS(=O)(=O)c2ccc(C(C)C)cc2)c1. The molecule has 0 aliphatic carbocycles. The van der Waals surface area contributed by atoms with Crippen LogP contribution in [0.2, 0.25) is 0 Å². The van der Waals surface area contributed by atoms with Gasteiger partial charge < -0.3 is 9.84 Å². The third-order valence-corrected chi connectivity index (χ3v) is 5.24. The van der Waals surface area contributed by atoms with Gasteiger partial charge in [0.25, 0.3) is 0 Å². The van der Waals surface area contributed by atoms with Gasteiger partial charge in [-0.1, -0.05) is 38.1 Å². The Balaban J connectivity index is 2.06. The largest absolute Gasteiger partial charge is 0.497 e. The van der Waals surface area contributed by atoms with Crippen molar-refractivity contribution in [2.45, 2.75) is 30.8 Å². The minimum atomic E-state index is -3.66. The first-order valence-corrected chi connectivity index (χ1v) is 9.23. The fourth-order valence-electron chi connectivity index (χ4n) is 2.27. The van der Waals surface area contributed by atoms with E-state index < -0.39 is 16.1 Å². The van der Waals surface area contributed by atoms with Crippen LogP contribution < -0.4 is 9.46 Å². The molecular formula is C18H23NO4S. The van der Waals surface area contributed by atoms with Crippen molar-refractivity contribution in [3.63, 3.8) is 0 Å². The topological polar surface area (TPSA) is 75.6 Å². The molecule has 0 fully saturated rings. The Bertz CT molecular complexity index is 770. The molecule has 5 nitrogen and oxygen atoms in total. The molecule has 0 aromatic heterocycles. The van der Waals surface area contributed by atoms with E-state index in [4.69, 9.17) is 4.74 Å². The third kappa shape index (κ3) is 4.56. The number of benzene rings is 2. The molecule has 0 radical (unpaired) electrons. The van der Waals surface area contributed by atoms with E-state index in [1.807, 2.05) is 13.8 Å². The van der Waals surface area contributed by atoms with Crippen molar-refractivity contribution in [1.82, 2.24) is 4.72 Å². The van der Waals surface area contributed by atoms with Crippen LogP contribution in [0, 0.1) is 0 Å². The Kier molecular flexibility index (Phi) is 5.99. The number of rotatable bonds is 7. The Morgan fingerprint density at radius 3 is 2.33 bits per heavy atom. The van der Waals surface area contributed by atoms with E-state index in [0.717, 1.165) is 5.56 Å². The van der Waals surface area contributed by atoms with Crippen LogP contribution in [0.1, 0.15) is 37.0 Å². The lowest BCUT2D eigenvalue weighted by Crippen LogP contribution is -2.28. The van der Waals surface area contributed by atoms with E-state index in [2.05, 4.69) is 4.72 Å². The summed E-state index contributed by atoms with van der Waals surface area (Å²) in [5, 5.41) is 10.2. The molecule has 0 spiro atoms. The number of sulfonamides is 1. The molecule has 0 saturated carbocycles. The predicted octanol–water partition coefficient (Wildman–Crippen LogP) is 2.83. The summed E-state index contributed by atoms with van der Waals surface area (Å²) in [6.45, 7) is 3.99. The van der Waals surface area contributed by atoms with Crippen LogP contribution in [-0.4, -0.2) is 27.2 Å². The highest BCUT2D eigenvalue weighted by molar-refractivity contribution is 7.89. The number of hydrogen-bond acceptors (Lipinski definition) is 4. The van der Waals surface area contributed by atoms with Crippen molar-refractivity contribution < 1.29 is 18.3 Å². The van der Waals surface area contributed by atoms with Gasteiger partial charge in [-0.05, 0) is 41.3 Å². The average molecular weight is 349 g/mol. The zero-order chi connectivity index (χ0) is 17.7. The van der Waals surface area contributed by atoms with E-state index in [1.165, 1.54) is 7.11 Å². The van der Waals surface area contributed by atoms with Gasteiger partial charge >= 0.3 is 0 Å². The summed E-state index contributed by atoms with van der Waals surface area (Å²) >= 11 is 0. The highest BCUT2D eigenvalue weighted by Gasteiger charge is 2.17. The zero-order valence-corrected chi connectivity index (χ0v) is 14.9. The summed E-state index contributed by atoms with van der Waals surface area (Å²) in [5.74, 6) is 0.947. The van der Waals surface area contributed by atoms with Crippen LogP contribution in [0.4, 0.5) is 0 Å². The van der Waals surface area contributed by atoms with E-state index in [-0.39, 0.29) is 11.4 Å². The van der Waals surface area contributed by atoms with Gasteiger partial charge in [0.05, 0.1) is 18.1 Å². The average Bonchev–Trinajstić information content (AvgIpc) is 2.59. The number of methoxy groups -OCH3 is 1. The van der Waals surface area contributed by atoms with Crippen molar-refractivity contribution in [1.29, 1.82) is 0 Å². The summed E-state index contributed by atoms with van der Waals surface area (Å²) in [6.07, 6.45) is -0.954. The molecule has 1 atom stereocenters. The van der Waals surface area contributed by atoms with Crippen LogP contribution in [0.25, 0.3) is 0 Å². The molecule has 0 saturated heterocycles. The van der Waals surface area contributed by atoms with Crippen LogP contribution in [0.15, 0.2) is 53.4 Å². The van der Waals surface area contributed by atoms with Gasteiger partial charge in [0.2, 0.25) is 10.0 Å². The Morgan fingerprint density at radius 2 is 1.75 bits per heavy atom. The molecule has 2 rings (SSSR count). The lowest BCUT2D eigenvalue weighted by atomic mass is 10.0. The van der Waals surface area contributed by atoms with Crippen molar-refractivity contribution in [3.05, 3.63) is 59.7 Å². The van der Waals surface area contributed by atoms with Gasteiger partial charge in [-0.25, -0.2) is 13.1 Å². The van der Waals surface area contributed by atoms with Crippen molar-refractivity contribution in [2.24, 2.45) is 0 Å². The molecule has 6 heteroatoms. The summed E-state index contributed by atoms with van der Waals surface area (Å²) in [4.78, 5) is 0.185. The van der Waals surface area contributed by atoms with Crippen molar-refractivity contribution in [2.75, 3.05) is 13.7 Å². The van der Waals surface area contributed by atoms with Gasteiger partial charge in [0, 0.05) is 6.54 Å². The van der Waals surface area contributed by atoms with Crippen LogP contribution in [-0.2, 0) is 10.0 Å². The number of aliphatic hydroxyl groups is 1. The first-order valence-electron chi connectivity index (χ1n) is 7.75. The molecule has 0 bridgehead atoms. The van der Waals surface area contributed by atoms with Crippen molar-refractivity contribution >= 4 is 10.0 Å². The molecule has 2 N–H and O–H groups in total. The fraction of sp³-hybridized carbons (Fsp3) is 0.333. The molecule has 0 aliphatic rings. The standard InChI is InChI=1S/C18H23NO4S/c1-13(2)14-7-9-17(10-8-14)24(21,22)19-12-18(20)15-5-4-6-16(11-15)23-3/h4-11,13,18-20H,12H2,1-3H3. The Labute approximate surface area is 143 Å².